The second kappa shape index (κ2) is 8.83. The summed E-state index contributed by atoms with van der Waals surface area (Å²) >= 11 is 0. The maximum atomic E-state index is 13.2. The fourth-order valence-electron chi connectivity index (χ4n) is 4.46. The zero-order chi connectivity index (χ0) is 22.0. The van der Waals surface area contributed by atoms with E-state index in [1.54, 1.807) is 22.9 Å². The zero-order valence-corrected chi connectivity index (χ0v) is 18.4. The number of para-hydroxylation sites is 1. The number of amides is 1. The number of likely N-dealkylation sites (tertiary alicyclic amines) is 1. The van der Waals surface area contributed by atoms with E-state index in [2.05, 4.69) is 6.92 Å². The van der Waals surface area contributed by atoms with Crippen LogP contribution in [0.25, 0.3) is 10.9 Å². The lowest BCUT2D eigenvalue weighted by Gasteiger charge is -2.35. The van der Waals surface area contributed by atoms with Gasteiger partial charge in [0.25, 0.3) is 0 Å². The third-order valence-electron chi connectivity index (χ3n) is 6.08. The first-order valence-electron chi connectivity index (χ1n) is 10.7. The molecule has 0 radical (unpaired) electrons. The molecule has 3 aromatic rings. The van der Waals surface area contributed by atoms with Crippen LogP contribution in [-0.2, 0) is 26.9 Å². The third-order valence-corrected chi connectivity index (χ3v) is 7.79. The molecule has 2 heterocycles. The van der Waals surface area contributed by atoms with Crippen LogP contribution >= 0.6 is 0 Å². The molecule has 0 N–H and O–H groups in total. The van der Waals surface area contributed by atoms with E-state index in [-0.39, 0.29) is 29.1 Å². The summed E-state index contributed by atoms with van der Waals surface area (Å²) in [4.78, 5) is 15.2. The fraction of sp³-hybridized carbons (Fsp3) is 0.375. The van der Waals surface area contributed by atoms with Gasteiger partial charge in [0, 0.05) is 29.7 Å². The van der Waals surface area contributed by atoms with Gasteiger partial charge in [0.1, 0.15) is 12.4 Å². The highest BCUT2D eigenvalue weighted by molar-refractivity contribution is 7.90. The average molecular weight is 443 g/mol. The lowest BCUT2D eigenvalue weighted by Crippen LogP contribution is -2.44. The summed E-state index contributed by atoms with van der Waals surface area (Å²) in [6.07, 6.45) is 5.67. The molecule has 2 aromatic carbocycles. The number of benzene rings is 2. The van der Waals surface area contributed by atoms with Crippen molar-refractivity contribution >= 4 is 26.6 Å². The van der Waals surface area contributed by atoms with Gasteiger partial charge in [-0.05, 0) is 49.4 Å². The summed E-state index contributed by atoms with van der Waals surface area (Å²) in [5, 5.41) is 0.600. The monoisotopic (exact) mass is 442 g/mol. The largest absolute Gasteiger partial charge is 0.338 e. The number of hydrogen-bond donors (Lipinski definition) is 0. The van der Waals surface area contributed by atoms with Crippen LogP contribution in [0.1, 0.15) is 38.2 Å². The van der Waals surface area contributed by atoms with E-state index >= 15 is 0 Å². The van der Waals surface area contributed by atoms with Crippen molar-refractivity contribution in [2.45, 2.75) is 55.8 Å². The molecule has 7 heteroatoms. The highest BCUT2D eigenvalue weighted by atomic mass is 32.2. The van der Waals surface area contributed by atoms with Gasteiger partial charge in [-0.15, -0.1) is 0 Å². The number of nitrogens with zero attached hydrogens (tertiary/aromatic N) is 2. The Hall–Kier alpha value is -2.67. The Morgan fingerprint density at radius 1 is 1.10 bits per heavy atom. The van der Waals surface area contributed by atoms with Crippen LogP contribution in [-0.4, -0.2) is 36.4 Å². The van der Waals surface area contributed by atoms with Crippen molar-refractivity contribution in [3.63, 3.8) is 0 Å². The summed E-state index contributed by atoms with van der Waals surface area (Å²) < 4.78 is 41.3. The van der Waals surface area contributed by atoms with Crippen LogP contribution < -0.4 is 0 Å². The third kappa shape index (κ3) is 4.51. The molecule has 0 spiro atoms. The molecule has 1 aliphatic rings. The Kier molecular flexibility index (Phi) is 6.14. The van der Waals surface area contributed by atoms with E-state index in [4.69, 9.17) is 0 Å². The van der Waals surface area contributed by atoms with Gasteiger partial charge < -0.3 is 9.47 Å². The molecule has 1 aliphatic heterocycles. The minimum atomic E-state index is -3.68. The van der Waals surface area contributed by atoms with Crippen molar-refractivity contribution in [2.75, 3.05) is 6.54 Å². The Balaban J connectivity index is 1.65. The van der Waals surface area contributed by atoms with E-state index < -0.39 is 15.7 Å². The summed E-state index contributed by atoms with van der Waals surface area (Å²) in [6, 6.07) is 13.0. The normalized spacial score (nSPS) is 17.2. The molecule has 5 nitrogen and oxygen atoms in total. The van der Waals surface area contributed by atoms with Crippen LogP contribution in [0.5, 0.6) is 0 Å². The van der Waals surface area contributed by atoms with Gasteiger partial charge in [-0.1, -0.05) is 37.3 Å². The number of halogens is 1. The Morgan fingerprint density at radius 3 is 2.58 bits per heavy atom. The molecule has 1 fully saturated rings. The van der Waals surface area contributed by atoms with Gasteiger partial charge in [-0.25, -0.2) is 12.8 Å². The second-order valence-electron chi connectivity index (χ2n) is 8.17. The van der Waals surface area contributed by atoms with Gasteiger partial charge in [0.05, 0.1) is 10.6 Å². The number of aromatic nitrogens is 1. The van der Waals surface area contributed by atoms with Crippen LogP contribution in [0.4, 0.5) is 4.39 Å². The molecular weight excluding hydrogens is 415 g/mol. The number of hydrogen-bond acceptors (Lipinski definition) is 3. The Labute approximate surface area is 182 Å². The van der Waals surface area contributed by atoms with Gasteiger partial charge in [-0.2, -0.15) is 0 Å². The molecule has 1 aromatic heterocycles. The summed E-state index contributed by atoms with van der Waals surface area (Å²) in [5.74, 6) is -0.603. The highest BCUT2D eigenvalue weighted by Gasteiger charge is 2.27. The smallest absolute Gasteiger partial charge is 0.242 e. The minimum Gasteiger partial charge on any atom is -0.338 e. The minimum absolute atomic E-state index is 0.0229. The predicted octanol–water partition coefficient (Wildman–Crippen LogP) is 4.55. The van der Waals surface area contributed by atoms with Crippen LogP contribution in [0.3, 0.4) is 0 Å². The first-order valence-corrected chi connectivity index (χ1v) is 12.4. The first kappa shape index (κ1) is 21.6. The number of carbonyl (C=O) groups excluding carboxylic acids is 1. The molecule has 0 saturated carbocycles. The van der Waals surface area contributed by atoms with Crippen molar-refractivity contribution in [1.82, 2.24) is 9.47 Å². The highest BCUT2D eigenvalue weighted by Crippen LogP contribution is 2.29. The fourth-order valence-corrected chi connectivity index (χ4v) is 6.04. The average Bonchev–Trinajstić information content (AvgIpc) is 3.14. The molecule has 1 saturated heterocycles. The van der Waals surface area contributed by atoms with Crippen LogP contribution in [0.2, 0.25) is 0 Å². The number of rotatable bonds is 6. The standard InChI is InChI=1S/C24H27FN2O3S/c1-2-20-7-5-6-14-27(20)24(28)16-26-15-23(21-8-3-4-9-22(21)26)31(29,30)17-18-10-12-19(25)13-11-18/h3-4,8-13,15,20H,2,5-7,14,16-17H2,1H3. The molecule has 1 amide bonds. The molecule has 0 bridgehead atoms. The second-order valence-corrected chi connectivity index (χ2v) is 10.1. The maximum absolute atomic E-state index is 13.2. The van der Waals surface area contributed by atoms with Crippen molar-refractivity contribution < 1.29 is 17.6 Å². The van der Waals surface area contributed by atoms with E-state index in [1.807, 2.05) is 17.0 Å². The molecule has 0 aliphatic carbocycles. The van der Waals surface area contributed by atoms with Crippen molar-refractivity contribution in [3.05, 3.63) is 66.1 Å². The Morgan fingerprint density at radius 2 is 1.84 bits per heavy atom. The van der Waals surface area contributed by atoms with Crippen molar-refractivity contribution in [1.29, 1.82) is 0 Å². The van der Waals surface area contributed by atoms with E-state index in [0.717, 1.165) is 37.7 Å². The van der Waals surface area contributed by atoms with E-state index in [9.17, 15) is 17.6 Å². The van der Waals surface area contributed by atoms with Crippen molar-refractivity contribution in [3.8, 4) is 0 Å². The lowest BCUT2D eigenvalue weighted by atomic mass is 10.00. The molecular formula is C24H27FN2O3S. The summed E-state index contributed by atoms with van der Waals surface area (Å²) in [7, 11) is -3.68. The lowest BCUT2D eigenvalue weighted by molar-refractivity contribution is -0.135. The summed E-state index contributed by atoms with van der Waals surface area (Å²) in [5.41, 5.74) is 1.24. The first-order chi connectivity index (χ1) is 14.9. The van der Waals surface area contributed by atoms with Gasteiger partial charge in [0.15, 0.2) is 9.84 Å². The maximum Gasteiger partial charge on any atom is 0.242 e. The Bertz CT molecular complexity index is 1190. The number of sulfone groups is 1. The van der Waals surface area contributed by atoms with Crippen LogP contribution in [0.15, 0.2) is 59.6 Å². The van der Waals surface area contributed by atoms with Crippen molar-refractivity contribution in [2.24, 2.45) is 0 Å². The SMILES string of the molecule is CCC1CCCCN1C(=O)Cn1cc(S(=O)(=O)Cc2ccc(F)cc2)c2ccccc21. The van der Waals surface area contributed by atoms with Gasteiger partial charge >= 0.3 is 0 Å². The van der Waals surface area contributed by atoms with E-state index in [0.29, 0.717) is 10.9 Å². The zero-order valence-electron chi connectivity index (χ0n) is 17.6. The number of piperidine rings is 1. The summed E-state index contributed by atoms with van der Waals surface area (Å²) in [6.45, 7) is 2.97. The number of fused-ring (bicyclic) bond motifs is 1. The molecule has 164 valence electrons. The van der Waals surface area contributed by atoms with Crippen LogP contribution in [0, 0.1) is 5.82 Å². The topological polar surface area (TPSA) is 59.4 Å². The molecule has 1 atom stereocenters. The molecule has 31 heavy (non-hydrogen) atoms. The number of carbonyl (C=O) groups is 1. The van der Waals surface area contributed by atoms with Gasteiger partial charge in [0.2, 0.25) is 5.91 Å². The predicted molar refractivity (Wildman–Crippen MR) is 119 cm³/mol. The van der Waals surface area contributed by atoms with Gasteiger partial charge in [-0.3, -0.25) is 4.79 Å². The molecule has 4 rings (SSSR count). The van der Waals surface area contributed by atoms with E-state index in [1.165, 1.54) is 24.3 Å². The molecule has 1 unspecified atom stereocenters. The quantitative estimate of drug-likeness (QED) is 0.563.